The quantitative estimate of drug-likeness (QED) is 0.817. The van der Waals surface area contributed by atoms with Crippen LogP contribution >= 0.6 is 28.1 Å². The van der Waals surface area contributed by atoms with Crippen molar-refractivity contribution in [2.24, 2.45) is 5.73 Å². The molecule has 3 N–H and O–H groups in total. The summed E-state index contributed by atoms with van der Waals surface area (Å²) >= 11 is 8.30. The molecular formula is C13H17BrN2OS. The number of aryl methyl sites for hydroxylation is 1. The van der Waals surface area contributed by atoms with E-state index in [1.807, 2.05) is 26.0 Å². The molecule has 0 spiro atoms. The Bertz CT molecular complexity index is 462. The number of nitrogens with one attached hydrogen (secondary N) is 1. The first kappa shape index (κ1) is 15.1. The zero-order chi connectivity index (χ0) is 13.7. The summed E-state index contributed by atoms with van der Waals surface area (Å²) in [6, 6.07) is 5.60. The molecule has 98 valence electrons. The van der Waals surface area contributed by atoms with E-state index in [2.05, 4.69) is 21.2 Å². The van der Waals surface area contributed by atoms with E-state index in [4.69, 9.17) is 18.0 Å². The Labute approximate surface area is 121 Å². The lowest BCUT2D eigenvalue weighted by Gasteiger charge is -2.17. The molecule has 0 saturated carbocycles. The highest BCUT2D eigenvalue weighted by atomic mass is 79.9. The summed E-state index contributed by atoms with van der Waals surface area (Å²) in [5, 5.41) is 2.95. The Kier molecular flexibility index (Phi) is 5.75. The van der Waals surface area contributed by atoms with E-state index in [9.17, 15) is 4.79 Å². The van der Waals surface area contributed by atoms with Gasteiger partial charge in [-0.1, -0.05) is 31.3 Å². The van der Waals surface area contributed by atoms with Crippen molar-refractivity contribution in [2.45, 2.75) is 32.7 Å². The molecule has 1 unspecified atom stereocenters. The molecule has 5 heteroatoms. The van der Waals surface area contributed by atoms with Crippen LogP contribution in [0, 0.1) is 6.92 Å². The third-order valence-corrected chi connectivity index (χ3v) is 3.93. The molecule has 0 aliphatic rings. The Balaban J connectivity index is 2.81. The van der Waals surface area contributed by atoms with Crippen LogP contribution in [0.25, 0.3) is 0 Å². The van der Waals surface area contributed by atoms with E-state index < -0.39 is 0 Å². The fraction of sp³-hybridized carbons (Fsp3) is 0.385. The summed E-state index contributed by atoms with van der Waals surface area (Å²) in [5.41, 5.74) is 7.18. The molecule has 3 nitrogen and oxygen atoms in total. The fourth-order valence-corrected chi connectivity index (χ4v) is 2.27. The van der Waals surface area contributed by atoms with E-state index in [1.54, 1.807) is 6.07 Å². The second-order valence-corrected chi connectivity index (χ2v) is 5.50. The number of hydrogen-bond donors (Lipinski definition) is 2. The van der Waals surface area contributed by atoms with Gasteiger partial charge in [0.1, 0.15) is 0 Å². The van der Waals surface area contributed by atoms with Crippen molar-refractivity contribution >= 4 is 39.0 Å². The van der Waals surface area contributed by atoms with Crippen LogP contribution in [-0.4, -0.2) is 16.9 Å². The highest BCUT2D eigenvalue weighted by Gasteiger charge is 2.15. The summed E-state index contributed by atoms with van der Waals surface area (Å²) < 4.78 is 0.827. The second kappa shape index (κ2) is 6.85. The van der Waals surface area contributed by atoms with Gasteiger partial charge in [0.2, 0.25) is 0 Å². The Morgan fingerprint density at radius 1 is 1.56 bits per heavy atom. The number of carbonyl (C=O) groups excluding carboxylic acids is 1. The molecule has 0 fully saturated rings. The van der Waals surface area contributed by atoms with Gasteiger partial charge >= 0.3 is 0 Å². The molecule has 1 atom stereocenters. The predicted molar refractivity (Wildman–Crippen MR) is 81.8 cm³/mol. The van der Waals surface area contributed by atoms with Crippen LogP contribution in [0.1, 0.15) is 35.7 Å². The van der Waals surface area contributed by atoms with Gasteiger partial charge in [-0.25, -0.2) is 0 Å². The number of rotatable bonds is 5. The summed E-state index contributed by atoms with van der Waals surface area (Å²) in [4.78, 5) is 12.6. The number of halogens is 1. The summed E-state index contributed by atoms with van der Waals surface area (Å²) in [7, 11) is 0. The largest absolute Gasteiger partial charge is 0.393 e. The Morgan fingerprint density at radius 2 is 2.22 bits per heavy atom. The normalized spacial score (nSPS) is 11.9. The lowest BCUT2D eigenvalue weighted by molar-refractivity contribution is 0.0936. The molecule has 0 bridgehead atoms. The van der Waals surface area contributed by atoms with Crippen LogP contribution in [-0.2, 0) is 0 Å². The van der Waals surface area contributed by atoms with Crippen molar-refractivity contribution in [1.29, 1.82) is 0 Å². The van der Waals surface area contributed by atoms with Gasteiger partial charge in [-0.05, 0) is 40.9 Å². The second-order valence-electron chi connectivity index (χ2n) is 4.19. The number of thiocarbonyl (C=S) groups is 1. The van der Waals surface area contributed by atoms with Crippen molar-refractivity contribution in [3.05, 3.63) is 33.8 Å². The number of amides is 1. The van der Waals surface area contributed by atoms with Crippen molar-refractivity contribution in [3.8, 4) is 0 Å². The summed E-state index contributed by atoms with van der Waals surface area (Å²) in [5.74, 6) is -0.103. The first-order valence-corrected chi connectivity index (χ1v) is 7.00. The highest BCUT2D eigenvalue weighted by Crippen LogP contribution is 2.21. The third kappa shape index (κ3) is 4.07. The molecule has 0 saturated heterocycles. The maximum absolute atomic E-state index is 12.1. The smallest absolute Gasteiger partial charge is 0.252 e. The number of nitrogens with two attached hydrogens (primary N) is 1. The lowest BCUT2D eigenvalue weighted by atomic mass is 10.1. The molecule has 18 heavy (non-hydrogen) atoms. The van der Waals surface area contributed by atoms with E-state index in [0.717, 1.165) is 16.5 Å². The molecule has 0 heterocycles. The molecule has 0 radical (unpaired) electrons. The fourth-order valence-electron chi connectivity index (χ4n) is 1.63. The van der Waals surface area contributed by atoms with Gasteiger partial charge in [0.05, 0.1) is 10.6 Å². The molecule has 0 aliphatic heterocycles. The molecule has 0 aliphatic carbocycles. The molecular weight excluding hydrogens is 312 g/mol. The van der Waals surface area contributed by atoms with Crippen molar-refractivity contribution in [3.63, 3.8) is 0 Å². The average Bonchev–Trinajstić information content (AvgIpc) is 2.31. The maximum atomic E-state index is 12.1. The standard InChI is InChI=1S/C13H17BrN2OS/c1-3-9(7-11(15)18)16-13(17)10-6-4-5-8(2)12(10)14/h4-6,9H,3,7H2,1-2H3,(H2,15,18)(H,16,17). The lowest BCUT2D eigenvalue weighted by Crippen LogP contribution is -2.37. The number of benzene rings is 1. The predicted octanol–water partition coefficient (Wildman–Crippen LogP) is 2.94. The summed E-state index contributed by atoms with van der Waals surface area (Å²) in [6.07, 6.45) is 1.33. The maximum Gasteiger partial charge on any atom is 0.252 e. The minimum atomic E-state index is -0.103. The number of hydrogen-bond acceptors (Lipinski definition) is 2. The SMILES string of the molecule is CCC(CC(N)=S)NC(=O)c1cccc(C)c1Br. The molecule has 1 rings (SSSR count). The summed E-state index contributed by atoms with van der Waals surface area (Å²) in [6.45, 7) is 3.95. The molecule has 1 aromatic carbocycles. The van der Waals surface area contributed by atoms with Crippen LogP contribution in [0.3, 0.4) is 0 Å². The van der Waals surface area contributed by atoms with E-state index >= 15 is 0 Å². The van der Waals surface area contributed by atoms with E-state index in [1.165, 1.54) is 0 Å². The zero-order valence-electron chi connectivity index (χ0n) is 10.5. The molecule has 1 aromatic rings. The average molecular weight is 329 g/mol. The van der Waals surface area contributed by atoms with Crippen LogP contribution < -0.4 is 11.1 Å². The minimum absolute atomic E-state index is 0.0117. The molecule has 1 amide bonds. The monoisotopic (exact) mass is 328 g/mol. The van der Waals surface area contributed by atoms with Crippen molar-refractivity contribution in [1.82, 2.24) is 5.32 Å². The first-order valence-electron chi connectivity index (χ1n) is 5.80. The first-order chi connectivity index (χ1) is 8.45. The van der Waals surface area contributed by atoms with E-state index in [0.29, 0.717) is 17.0 Å². The van der Waals surface area contributed by atoms with Crippen molar-refractivity contribution in [2.75, 3.05) is 0 Å². The highest BCUT2D eigenvalue weighted by molar-refractivity contribution is 9.10. The van der Waals surface area contributed by atoms with Gasteiger partial charge < -0.3 is 11.1 Å². The Morgan fingerprint density at radius 3 is 2.78 bits per heavy atom. The van der Waals surface area contributed by atoms with E-state index in [-0.39, 0.29) is 11.9 Å². The van der Waals surface area contributed by atoms with Gasteiger partial charge in [0.15, 0.2) is 0 Å². The van der Waals surface area contributed by atoms with Crippen LogP contribution in [0.15, 0.2) is 22.7 Å². The van der Waals surface area contributed by atoms with Crippen LogP contribution in [0.2, 0.25) is 0 Å². The van der Waals surface area contributed by atoms with Gasteiger partial charge in [0.25, 0.3) is 5.91 Å². The third-order valence-electron chi connectivity index (χ3n) is 2.71. The van der Waals surface area contributed by atoms with Crippen molar-refractivity contribution < 1.29 is 4.79 Å². The zero-order valence-corrected chi connectivity index (χ0v) is 12.9. The Hall–Kier alpha value is -0.940. The van der Waals surface area contributed by atoms with Gasteiger partial charge in [-0.3, -0.25) is 4.79 Å². The van der Waals surface area contributed by atoms with Crippen LogP contribution in [0.4, 0.5) is 0 Å². The van der Waals surface area contributed by atoms with Gasteiger partial charge in [0, 0.05) is 16.9 Å². The van der Waals surface area contributed by atoms with Gasteiger partial charge in [-0.2, -0.15) is 0 Å². The minimum Gasteiger partial charge on any atom is -0.393 e. The number of carbonyl (C=O) groups is 1. The van der Waals surface area contributed by atoms with Crippen LogP contribution in [0.5, 0.6) is 0 Å². The topological polar surface area (TPSA) is 55.1 Å². The van der Waals surface area contributed by atoms with Gasteiger partial charge in [-0.15, -0.1) is 0 Å². The molecule has 0 aromatic heterocycles.